The standard InChI is InChI=1S/C15H24N6O/c1-5-6-7-8-12-13(11-15(2,3)4)21(19-17-12)14(22)20-10-9-16-18-20/h9-10H,5-8,11H2,1-4H3. The highest BCUT2D eigenvalue weighted by molar-refractivity contribution is 5.77. The Hall–Kier alpha value is -2.05. The molecular formula is C15H24N6O. The summed E-state index contributed by atoms with van der Waals surface area (Å²) in [5.74, 6) is 0. The molecule has 2 heterocycles. The Bertz CT molecular complexity index is 609. The smallest absolute Gasteiger partial charge is 0.243 e. The fourth-order valence-corrected chi connectivity index (χ4v) is 2.31. The van der Waals surface area contributed by atoms with Gasteiger partial charge in [-0.1, -0.05) is 51.0 Å². The van der Waals surface area contributed by atoms with Crippen LogP contribution in [-0.4, -0.2) is 36.0 Å². The summed E-state index contributed by atoms with van der Waals surface area (Å²) in [6, 6.07) is -0.342. The maximum absolute atomic E-state index is 12.5. The van der Waals surface area contributed by atoms with Crippen molar-refractivity contribution >= 4 is 6.03 Å². The molecule has 0 fully saturated rings. The zero-order chi connectivity index (χ0) is 16.2. The SMILES string of the molecule is CCCCCc1nnn(C(=O)n2ccnn2)c1CC(C)(C)C. The van der Waals surface area contributed by atoms with Gasteiger partial charge in [-0.25, -0.2) is 4.79 Å². The fraction of sp³-hybridized carbons (Fsp3) is 0.667. The molecule has 0 aliphatic heterocycles. The number of carbonyl (C=O) groups excluding carboxylic acids is 1. The van der Waals surface area contributed by atoms with Crippen molar-refractivity contribution in [3.63, 3.8) is 0 Å². The largest absolute Gasteiger partial charge is 0.372 e. The van der Waals surface area contributed by atoms with E-state index in [1.54, 1.807) is 0 Å². The lowest BCUT2D eigenvalue weighted by Gasteiger charge is -2.18. The third-order valence-corrected chi connectivity index (χ3v) is 3.36. The van der Waals surface area contributed by atoms with Gasteiger partial charge in [0.2, 0.25) is 0 Å². The first kappa shape index (κ1) is 16.3. The molecule has 0 saturated carbocycles. The van der Waals surface area contributed by atoms with E-state index in [4.69, 9.17) is 0 Å². The minimum absolute atomic E-state index is 0.0433. The topological polar surface area (TPSA) is 78.5 Å². The molecule has 7 heteroatoms. The summed E-state index contributed by atoms with van der Waals surface area (Å²) in [5.41, 5.74) is 1.84. The van der Waals surface area contributed by atoms with Crippen LogP contribution in [0.3, 0.4) is 0 Å². The Balaban J connectivity index is 2.30. The van der Waals surface area contributed by atoms with Gasteiger partial charge in [0.25, 0.3) is 0 Å². The van der Waals surface area contributed by atoms with Crippen LogP contribution in [0.15, 0.2) is 12.4 Å². The molecule has 0 bridgehead atoms. The summed E-state index contributed by atoms with van der Waals surface area (Å²) in [6.45, 7) is 8.58. The van der Waals surface area contributed by atoms with Gasteiger partial charge in [0.15, 0.2) is 0 Å². The van der Waals surface area contributed by atoms with E-state index in [0.29, 0.717) is 0 Å². The highest BCUT2D eigenvalue weighted by Crippen LogP contribution is 2.23. The van der Waals surface area contributed by atoms with Gasteiger partial charge in [0, 0.05) is 0 Å². The molecule has 2 rings (SSSR count). The normalized spacial score (nSPS) is 11.8. The molecule has 0 radical (unpaired) electrons. The number of nitrogens with zero attached hydrogens (tertiary/aromatic N) is 6. The summed E-state index contributed by atoms with van der Waals surface area (Å²) in [5, 5.41) is 15.7. The lowest BCUT2D eigenvalue weighted by molar-refractivity contribution is 0.235. The Morgan fingerprint density at radius 1 is 1.23 bits per heavy atom. The summed E-state index contributed by atoms with van der Waals surface area (Å²) >= 11 is 0. The Kier molecular flexibility index (Phi) is 5.05. The van der Waals surface area contributed by atoms with E-state index in [9.17, 15) is 4.79 Å². The van der Waals surface area contributed by atoms with Crippen LogP contribution in [0.25, 0.3) is 0 Å². The molecule has 0 aliphatic rings. The Labute approximate surface area is 130 Å². The average molecular weight is 304 g/mol. The van der Waals surface area contributed by atoms with Gasteiger partial charge in [0.05, 0.1) is 23.8 Å². The zero-order valence-corrected chi connectivity index (χ0v) is 13.8. The number of aryl methyl sites for hydroxylation is 1. The number of hydrogen-bond acceptors (Lipinski definition) is 5. The molecular weight excluding hydrogens is 280 g/mol. The second kappa shape index (κ2) is 6.81. The third-order valence-electron chi connectivity index (χ3n) is 3.36. The molecule has 0 N–H and O–H groups in total. The van der Waals surface area contributed by atoms with Gasteiger partial charge in [-0.15, -0.1) is 10.2 Å². The molecule has 7 nitrogen and oxygen atoms in total. The molecule has 120 valence electrons. The van der Waals surface area contributed by atoms with E-state index in [2.05, 4.69) is 48.3 Å². The second-order valence-corrected chi connectivity index (χ2v) is 6.72. The van der Waals surface area contributed by atoms with Crippen molar-refractivity contribution < 1.29 is 4.79 Å². The van der Waals surface area contributed by atoms with Crippen LogP contribution in [-0.2, 0) is 12.8 Å². The third kappa shape index (κ3) is 3.99. The first-order chi connectivity index (χ1) is 10.4. The van der Waals surface area contributed by atoms with Crippen LogP contribution in [0, 0.1) is 5.41 Å². The second-order valence-electron chi connectivity index (χ2n) is 6.72. The quantitative estimate of drug-likeness (QED) is 0.794. The van der Waals surface area contributed by atoms with Gasteiger partial charge in [-0.2, -0.15) is 9.36 Å². The lowest BCUT2D eigenvalue weighted by Crippen LogP contribution is -2.25. The van der Waals surface area contributed by atoms with Gasteiger partial charge in [0.1, 0.15) is 0 Å². The predicted molar refractivity (Wildman–Crippen MR) is 82.6 cm³/mol. The van der Waals surface area contributed by atoms with E-state index in [1.807, 2.05) is 0 Å². The number of carbonyl (C=O) groups is 1. The average Bonchev–Trinajstić information content (AvgIpc) is 3.07. The maximum atomic E-state index is 12.5. The lowest BCUT2D eigenvalue weighted by atomic mass is 9.89. The molecule has 2 aromatic rings. The number of hydrogen-bond donors (Lipinski definition) is 0. The van der Waals surface area contributed by atoms with Crippen LogP contribution in [0.5, 0.6) is 0 Å². The highest BCUT2D eigenvalue weighted by Gasteiger charge is 2.24. The first-order valence-corrected chi connectivity index (χ1v) is 7.77. The molecule has 22 heavy (non-hydrogen) atoms. The van der Waals surface area contributed by atoms with E-state index >= 15 is 0 Å². The van der Waals surface area contributed by atoms with Crippen molar-refractivity contribution in [2.24, 2.45) is 5.41 Å². The van der Waals surface area contributed by atoms with Crippen LogP contribution >= 0.6 is 0 Å². The molecule has 0 aromatic carbocycles. The van der Waals surface area contributed by atoms with Crippen molar-refractivity contribution in [2.45, 2.75) is 59.8 Å². The van der Waals surface area contributed by atoms with Crippen LogP contribution in [0.4, 0.5) is 4.79 Å². The minimum atomic E-state index is -0.342. The van der Waals surface area contributed by atoms with Gasteiger partial charge in [-0.3, -0.25) is 0 Å². The number of aromatic nitrogens is 6. The molecule has 0 saturated heterocycles. The predicted octanol–water partition coefficient (Wildman–Crippen LogP) is 2.71. The summed E-state index contributed by atoms with van der Waals surface area (Å²) in [4.78, 5) is 12.5. The Morgan fingerprint density at radius 2 is 2.00 bits per heavy atom. The van der Waals surface area contributed by atoms with Crippen LogP contribution < -0.4 is 0 Å². The molecule has 0 atom stereocenters. The zero-order valence-electron chi connectivity index (χ0n) is 13.8. The van der Waals surface area contributed by atoms with Crippen molar-refractivity contribution in [3.8, 4) is 0 Å². The van der Waals surface area contributed by atoms with Crippen LogP contribution in [0.2, 0.25) is 0 Å². The molecule has 0 spiro atoms. The number of unbranched alkanes of at least 4 members (excludes halogenated alkanes) is 2. The first-order valence-electron chi connectivity index (χ1n) is 7.77. The van der Waals surface area contributed by atoms with E-state index < -0.39 is 0 Å². The molecule has 0 amide bonds. The summed E-state index contributed by atoms with van der Waals surface area (Å²) in [7, 11) is 0. The van der Waals surface area contributed by atoms with Gasteiger partial charge in [-0.05, 0) is 24.7 Å². The van der Waals surface area contributed by atoms with E-state index in [1.165, 1.54) is 21.8 Å². The molecule has 2 aromatic heterocycles. The summed E-state index contributed by atoms with van der Waals surface area (Å²) in [6.07, 6.45) is 7.94. The van der Waals surface area contributed by atoms with Gasteiger partial charge >= 0.3 is 6.03 Å². The van der Waals surface area contributed by atoms with Crippen molar-refractivity contribution in [1.29, 1.82) is 0 Å². The van der Waals surface area contributed by atoms with Gasteiger partial charge < -0.3 is 0 Å². The van der Waals surface area contributed by atoms with E-state index in [-0.39, 0.29) is 11.4 Å². The van der Waals surface area contributed by atoms with Crippen molar-refractivity contribution in [2.75, 3.05) is 0 Å². The monoisotopic (exact) mass is 304 g/mol. The van der Waals surface area contributed by atoms with Crippen molar-refractivity contribution in [3.05, 3.63) is 23.8 Å². The van der Waals surface area contributed by atoms with Crippen LogP contribution in [0.1, 0.15) is 58.3 Å². The minimum Gasteiger partial charge on any atom is -0.243 e. The summed E-state index contributed by atoms with van der Waals surface area (Å²) < 4.78 is 2.54. The van der Waals surface area contributed by atoms with Crippen molar-refractivity contribution in [1.82, 2.24) is 30.0 Å². The maximum Gasteiger partial charge on any atom is 0.372 e. The molecule has 0 unspecified atom stereocenters. The number of rotatable bonds is 5. The highest BCUT2D eigenvalue weighted by atomic mass is 16.2. The van der Waals surface area contributed by atoms with E-state index in [0.717, 1.165) is 43.5 Å². The fourth-order valence-electron chi connectivity index (χ4n) is 2.31. The molecule has 0 aliphatic carbocycles. The Morgan fingerprint density at radius 3 is 2.59 bits per heavy atom.